The van der Waals surface area contributed by atoms with Gasteiger partial charge in [-0.2, -0.15) is 0 Å². The molecule has 4 rings (SSSR count). The highest BCUT2D eigenvalue weighted by Gasteiger charge is 2.44. The first-order valence-electron chi connectivity index (χ1n) is 9.32. The molecule has 2 aliphatic rings. The van der Waals surface area contributed by atoms with Crippen molar-refractivity contribution in [3.8, 4) is 0 Å². The molecule has 2 saturated heterocycles. The molecule has 0 spiro atoms. The van der Waals surface area contributed by atoms with Crippen LogP contribution in [0.3, 0.4) is 0 Å². The van der Waals surface area contributed by atoms with Gasteiger partial charge in [0, 0.05) is 35.1 Å². The molecule has 1 N–H and O–H groups in total. The molecule has 2 atom stereocenters. The molecule has 0 saturated carbocycles. The molecule has 0 radical (unpaired) electrons. The Hall–Kier alpha value is -2.57. The number of benzene rings is 2. The lowest BCUT2D eigenvalue weighted by Gasteiger charge is -2.45. The summed E-state index contributed by atoms with van der Waals surface area (Å²) in [5, 5.41) is 3.99. The molecule has 0 unspecified atom stereocenters. The van der Waals surface area contributed by atoms with Crippen molar-refractivity contribution in [3.63, 3.8) is 0 Å². The van der Waals surface area contributed by atoms with Gasteiger partial charge in [0.1, 0.15) is 12.1 Å². The van der Waals surface area contributed by atoms with Gasteiger partial charge in [-0.3, -0.25) is 14.4 Å². The van der Waals surface area contributed by atoms with Crippen molar-refractivity contribution in [2.24, 2.45) is 0 Å². The lowest BCUT2D eigenvalue weighted by molar-refractivity contribution is -0.152. The number of hydrogen-bond acceptors (Lipinski definition) is 3. The first-order chi connectivity index (χ1) is 13.9. The fourth-order valence-electron chi connectivity index (χ4n) is 3.75. The van der Waals surface area contributed by atoms with Crippen LogP contribution in [0.5, 0.6) is 0 Å². The second-order valence-electron chi connectivity index (χ2n) is 7.20. The number of piperazine rings is 2. The summed E-state index contributed by atoms with van der Waals surface area (Å²) < 4.78 is 0. The molecule has 29 heavy (non-hydrogen) atoms. The monoisotopic (exact) mass is 431 g/mol. The van der Waals surface area contributed by atoms with E-state index in [1.165, 1.54) is 0 Å². The average molecular weight is 432 g/mol. The van der Waals surface area contributed by atoms with Crippen LogP contribution in [0.4, 0.5) is 0 Å². The van der Waals surface area contributed by atoms with Gasteiger partial charge in [-0.1, -0.05) is 35.3 Å². The molecule has 150 valence electrons. The molecular formula is C21H19Cl2N3O3. The molecule has 2 aromatic rings. The first kappa shape index (κ1) is 19.7. The molecule has 2 fully saturated rings. The van der Waals surface area contributed by atoms with Crippen LogP contribution in [0.15, 0.2) is 48.5 Å². The van der Waals surface area contributed by atoms with E-state index in [1.807, 2.05) is 12.1 Å². The highest BCUT2D eigenvalue weighted by molar-refractivity contribution is 6.30. The van der Waals surface area contributed by atoms with Gasteiger partial charge in [0.25, 0.3) is 5.91 Å². The third-order valence-electron chi connectivity index (χ3n) is 5.31. The van der Waals surface area contributed by atoms with Gasteiger partial charge in [0.15, 0.2) is 0 Å². The molecular weight excluding hydrogens is 413 g/mol. The van der Waals surface area contributed by atoms with Crippen molar-refractivity contribution < 1.29 is 14.4 Å². The van der Waals surface area contributed by atoms with Gasteiger partial charge in [0.2, 0.25) is 11.8 Å². The van der Waals surface area contributed by atoms with Crippen LogP contribution in [-0.2, 0) is 16.0 Å². The third kappa shape index (κ3) is 4.09. The lowest BCUT2D eigenvalue weighted by atomic mass is 9.98. The molecule has 8 heteroatoms. The second kappa shape index (κ2) is 8.05. The van der Waals surface area contributed by atoms with Gasteiger partial charge in [-0.05, 0) is 42.0 Å². The first-order valence-corrected chi connectivity index (χ1v) is 10.1. The number of fused-ring (bicyclic) bond motifs is 1. The number of halogens is 2. The fourth-order valence-corrected chi connectivity index (χ4v) is 4.01. The third-order valence-corrected chi connectivity index (χ3v) is 5.82. The maximum Gasteiger partial charge on any atom is 0.254 e. The van der Waals surface area contributed by atoms with Crippen molar-refractivity contribution in [2.75, 3.05) is 19.6 Å². The van der Waals surface area contributed by atoms with E-state index in [-0.39, 0.29) is 24.3 Å². The van der Waals surface area contributed by atoms with Crippen molar-refractivity contribution in [1.29, 1.82) is 0 Å². The van der Waals surface area contributed by atoms with Crippen LogP contribution in [0.2, 0.25) is 10.0 Å². The second-order valence-corrected chi connectivity index (χ2v) is 8.07. The van der Waals surface area contributed by atoms with Crippen LogP contribution in [0, 0.1) is 0 Å². The minimum atomic E-state index is -0.672. The van der Waals surface area contributed by atoms with Crippen LogP contribution < -0.4 is 5.32 Å². The van der Waals surface area contributed by atoms with E-state index in [9.17, 15) is 14.4 Å². The van der Waals surface area contributed by atoms with Crippen molar-refractivity contribution in [2.45, 2.75) is 18.5 Å². The normalized spacial score (nSPS) is 21.6. The van der Waals surface area contributed by atoms with E-state index in [1.54, 1.807) is 46.2 Å². The summed E-state index contributed by atoms with van der Waals surface area (Å²) in [7, 11) is 0. The SMILES string of the molecule is O=C1N[C@@H](Cc2ccc(Cl)cc2)C(=O)N2CCN(C(=O)c3ccc(Cl)cc3)C[C@H]12. The summed E-state index contributed by atoms with van der Waals surface area (Å²) in [6.45, 7) is 0.880. The predicted octanol–water partition coefficient (Wildman–Crippen LogP) is 2.39. The minimum absolute atomic E-state index is 0.122. The van der Waals surface area contributed by atoms with E-state index >= 15 is 0 Å². The van der Waals surface area contributed by atoms with Crippen molar-refractivity contribution >= 4 is 40.9 Å². The molecule has 2 heterocycles. The summed E-state index contributed by atoms with van der Waals surface area (Å²) >= 11 is 11.8. The summed E-state index contributed by atoms with van der Waals surface area (Å²) in [5.74, 6) is -0.537. The highest BCUT2D eigenvalue weighted by Crippen LogP contribution is 2.21. The molecule has 3 amide bonds. The summed E-state index contributed by atoms with van der Waals surface area (Å²) in [6.07, 6.45) is 0.401. The zero-order valence-corrected chi connectivity index (χ0v) is 17.0. The van der Waals surface area contributed by atoms with Gasteiger partial charge in [-0.25, -0.2) is 0 Å². The fraction of sp³-hybridized carbons (Fsp3) is 0.286. The predicted molar refractivity (Wildman–Crippen MR) is 110 cm³/mol. The van der Waals surface area contributed by atoms with E-state index < -0.39 is 12.1 Å². The van der Waals surface area contributed by atoms with Crippen LogP contribution in [-0.4, -0.2) is 59.2 Å². The van der Waals surface area contributed by atoms with Gasteiger partial charge < -0.3 is 15.1 Å². The number of carbonyl (C=O) groups is 3. The van der Waals surface area contributed by atoms with Crippen LogP contribution in [0.1, 0.15) is 15.9 Å². The molecule has 2 aliphatic heterocycles. The molecule has 6 nitrogen and oxygen atoms in total. The Labute approximate surface area is 178 Å². The van der Waals surface area contributed by atoms with Gasteiger partial charge in [-0.15, -0.1) is 0 Å². The van der Waals surface area contributed by atoms with Crippen LogP contribution >= 0.6 is 23.2 Å². The summed E-state index contributed by atoms with van der Waals surface area (Å²) in [4.78, 5) is 41.6. The number of nitrogens with one attached hydrogen (secondary N) is 1. The topological polar surface area (TPSA) is 69.7 Å². The minimum Gasteiger partial charge on any atom is -0.342 e. The quantitative estimate of drug-likeness (QED) is 0.810. The van der Waals surface area contributed by atoms with E-state index in [2.05, 4.69) is 5.32 Å². The zero-order chi connectivity index (χ0) is 20.5. The number of amides is 3. The largest absolute Gasteiger partial charge is 0.342 e. The summed E-state index contributed by atoms with van der Waals surface area (Å²) in [6, 6.07) is 12.6. The standard InChI is InChI=1S/C21H19Cl2N3O3/c22-15-5-1-13(2-6-15)11-17-21(29)26-10-9-25(12-18(26)19(27)24-17)20(28)14-3-7-16(23)8-4-14/h1-8,17-18H,9-12H2,(H,24,27)/t17-,18+/m0/s1. The van der Waals surface area contributed by atoms with Gasteiger partial charge >= 0.3 is 0 Å². The van der Waals surface area contributed by atoms with Crippen LogP contribution in [0.25, 0.3) is 0 Å². The maximum absolute atomic E-state index is 12.9. The smallest absolute Gasteiger partial charge is 0.254 e. The highest BCUT2D eigenvalue weighted by atomic mass is 35.5. The Bertz CT molecular complexity index is 947. The summed E-state index contributed by atoms with van der Waals surface area (Å²) in [5.41, 5.74) is 1.43. The Morgan fingerprint density at radius 3 is 2.24 bits per heavy atom. The average Bonchev–Trinajstić information content (AvgIpc) is 2.73. The van der Waals surface area contributed by atoms with E-state index in [0.717, 1.165) is 5.56 Å². The van der Waals surface area contributed by atoms with Crippen molar-refractivity contribution in [3.05, 3.63) is 69.7 Å². The van der Waals surface area contributed by atoms with Crippen molar-refractivity contribution in [1.82, 2.24) is 15.1 Å². The Balaban J connectivity index is 1.45. The lowest BCUT2D eigenvalue weighted by Crippen LogP contribution is -2.70. The number of nitrogens with zero attached hydrogens (tertiary/aromatic N) is 2. The van der Waals surface area contributed by atoms with E-state index in [4.69, 9.17) is 23.2 Å². The number of hydrogen-bond donors (Lipinski definition) is 1. The molecule has 0 aromatic heterocycles. The molecule has 0 bridgehead atoms. The number of rotatable bonds is 3. The molecule has 0 aliphatic carbocycles. The Kier molecular flexibility index (Phi) is 5.48. The molecule has 2 aromatic carbocycles. The zero-order valence-electron chi connectivity index (χ0n) is 15.5. The maximum atomic E-state index is 12.9. The Morgan fingerprint density at radius 2 is 1.59 bits per heavy atom. The van der Waals surface area contributed by atoms with Gasteiger partial charge in [0.05, 0.1) is 6.54 Å². The number of carbonyl (C=O) groups excluding carboxylic acids is 3. The Morgan fingerprint density at radius 1 is 0.966 bits per heavy atom. The van der Waals surface area contributed by atoms with E-state index in [0.29, 0.717) is 35.1 Å².